The zero-order chi connectivity index (χ0) is 11.4. The zero-order valence-corrected chi connectivity index (χ0v) is 9.91. The van der Waals surface area contributed by atoms with E-state index in [1.807, 2.05) is 0 Å². The summed E-state index contributed by atoms with van der Waals surface area (Å²) in [5, 5.41) is 0. The third kappa shape index (κ3) is 2.63. The van der Waals surface area contributed by atoms with Gasteiger partial charge in [-0.2, -0.15) is 0 Å². The summed E-state index contributed by atoms with van der Waals surface area (Å²) in [6, 6.07) is 10.7. The maximum absolute atomic E-state index is 4.23. The van der Waals surface area contributed by atoms with E-state index in [4.69, 9.17) is 0 Å². The first kappa shape index (κ1) is 11.2. The van der Waals surface area contributed by atoms with Crippen molar-refractivity contribution in [3.63, 3.8) is 0 Å². The van der Waals surface area contributed by atoms with Gasteiger partial charge in [0.15, 0.2) is 0 Å². The quantitative estimate of drug-likeness (QED) is 0.632. The van der Waals surface area contributed by atoms with E-state index in [0.29, 0.717) is 5.92 Å². The molecule has 0 radical (unpaired) electrons. The van der Waals surface area contributed by atoms with E-state index >= 15 is 0 Å². The number of rotatable bonds is 2. The topological polar surface area (TPSA) is 0 Å². The van der Waals surface area contributed by atoms with Gasteiger partial charge in [0, 0.05) is 0 Å². The Bertz CT molecular complexity index is 372. The molecule has 1 unspecified atom stereocenters. The molecule has 0 nitrogen and oxygen atoms in total. The zero-order valence-electron chi connectivity index (χ0n) is 9.91. The van der Waals surface area contributed by atoms with Gasteiger partial charge in [0.1, 0.15) is 0 Å². The minimum atomic E-state index is 0.609. The summed E-state index contributed by atoms with van der Waals surface area (Å²) in [7, 11) is 0. The predicted molar refractivity (Wildman–Crippen MR) is 70.4 cm³/mol. The van der Waals surface area contributed by atoms with Gasteiger partial charge in [-0.25, -0.2) is 0 Å². The lowest BCUT2D eigenvalue weighted by Crippen LogP contribution is -2.06. The predicted octanol–water partition coefficient (Wildman–Crippen LogP) is 4.53. The smallest absolute Gasteiger partial charge is 0.0125 e. The molecule has 0 aliphatic heterocycles. The second-order valence-corrected chi connectivity index (χ2v) is 4.76. The molecule has 0 amide bonds. The van der Waals surface area contributed by atoms with Crippen molar-refractivity contribution >= 4 is 0 Å². The van der Waals surface area contributed by atoms with Crippen molar-refractivity contribution in [2.45, 2.75) is 32.1 Å². The highest BCUT2D eigenvalue weighted by Gasteiger charge is 2.18. The second kappa shape index (κ2) is 5.16. The molecule has 1 aromatic rings. The van der Waals surface area contributed by atoms with E-state index in [0.717, 1.165) is 12.8 Å². The van der Waals surface area contributed by atoms with Crippen LogP contribution in [0.15, 0.2) is 54.6 Å². The summed E-state index contributed by atoms with van der Waals surface area (Å²) in [5.74, 6) is 0.609. The monoisotopic (exact) mass is 212 g/mol. The van der Waals surface area contributed by atoms with Gasteiger partial charge in [-0.1, -0.05) is 55.5 Å². The molecular weight excluding hydrogens is 192 g/mol. The molecule has 1 aliphatic carbocycles. The van der Waals surface area contributed by atoms with Crippen LogP contribution in [-0.2, 0) is 6.42 Å². The molecule has 1 aliphatic rings. The van der Waals surface area contributed by atoms with Crippen molar-refractivity contribution in [1.29, 1.82) is 0 Å². The van der Waals surface area contributed by atoms with Crippen LogP contribution in [0, 0.1) is 5.92 Å². The van der Waals surface area contributed by atoms with Gasteiger partial charge < -0.3 is 0 Å². The normalized spacial score (nSPS) is 21.9. The Morgan fingerprint density at radius 1 is 1.06 bits per heavy atom. The van der Waals surface area contributed by atoms with E-state index in [-0.39, 0.29) is 0 Å². The fourth-order valence-corrected chi connectivity index (χ4v) is 2.48. The summed E-state index contributed by atoms with van der Waals surface area (Å²) in [5.41, 5.74) is 3.99. The highest BCUT2D eigenvalue weighted by atomic mass is 14.2. The van der Waals surface area contributed by atoms with E-state index in [1.54, 1.807) is 0 Å². The van der Waals surface area contributed by atoms with Gasteiger partial charge >= 0.3 is 0 Å². The molecule has 0 bridgehead atoms. The van der Waals surface area contributed by atoms with Crippen LogP contribution >= 0.6 is 0 Å². The first-order valence-electron chi connectivity index (χ1n) is 6.18. The number of hydrogen-bond acceptors (Lipinski definition) is 0. The molecule has 0 heterocycles. The average molecular weight is 212 g/mol. The Kier molecular flexibility index (Phi) is 3.61. The summed E-state index contributed by atoms with van der Waals surface area (Å²) in [4.78, 5) is 0. The molecule has 0 saturated heterocycles. The third-order valence-electron chi connectivity index (χ3n) is 3.55. The molecule has 0 N–H and O–H groups in total. The van der Waals surface area contributed by atoms with Crippen LogP contribution in [0.25, 0.3) is 0 Å². The Morgan fingerprint density at radius 3 is 2.56 bits per heavy atom. The van der Waals surface area contributed by atoms with Crippen LogP contribution < -0.4 is 0 Å². The minimum absolute atomic E-state index is 0.609. The Hall–Kier alpha value is -1.30. The van der Waals surface area contributed by atoms with Crippen LogP contribution in [0.1, 0.15) is 31.2 Å². The second-order valence-electron chi connectivity index (χ2n) is 4.76. The fraction of sp³-hybridized carbons (Fsp3) is 0.375. The molecule has 16 heavy (non-hydrogen) atoms. The van der Waals surface area contributed by atoms with Crippen molar-refractivity contribution in [3.8, 4) is 0 Å². The van der Waals surface area contributed by atoms with Crippen LogP contribution in [0.2, 0.25) is 0 Å². The SMILES string of the molecule is C=C1CCCCC(Cc2ccccc2)C1=C. The molecule has 0 aromatic heterocycles. The van der Waals surface area contributed by atoms with Gasteiger partial charge in [0.25, 0.3) is 0 Å². The summed E-state index contributed by atoms with van der Waals surface area (Å²) >= 11 is 0. The molecule has 1 aromatic carbocycles. The maximum atomic E-state index is 4.23. The van der Waals surface area contributed by atoms with Gasteiger partial charge in [-0.15, -0.1) is 0 Å². The summed E-state index contributed by atoms with van der Waals surface area (Å²) in [6.45, 7) is 8.38. The standard InChI is InChI=1S/C16H20/c1-13-8-6-7-11-16(14(13)2)12-15-9-4-3-5-10-15/h3-5,9-10,16H,1-2,6-8,11-12H2. The van der Waals surface area contributed by atoms with Crippen LogP contribution in [0.3, 0.4) is 0 Å². The van der Waals surface area contributed by atoms with Gasteiger partial charge in [0.05, 0.1) is 0 Å². The average Bonchev–Trinajstić information content (AvgIpc) is 2.46. The van der Waals surface area contributed by atoms with Crippen molar-refractivity contribution in [2.75, 3.05) is 0 Å². The number of benzene rings is 1. The minimum Gasteiger partial charge on any atom is -0.0956 e. The van der Waals surface area contributed by atoms with Crippen molar-refractivity contribution in [2.24, 2.45) is 5.92 Å². The number of allylic oxidation sites excluding steroid dienone is 2. The van der Waals surface area contributed by atoms with Crippen molar-refractivity contribution < 1.29 is 0 Å². The summed E-state index contributed by atoms with van der Waals surface area (Å²) < 4.78 is 0. The van der Waals surface area contributed by atoms with Crippen LogP contribution in [-0.4, -0.2) is 0 Å². The van der Waals surface area contributed by atoms with Crippen molar-refractivity contribution in [3.05, 3.63) is 60.2 Å². The lowest BCUT2D eigenvalue weighted by atomic mass is 9.87. The molecular formula is C16H20. The Labute approximate surface area is 98.7 Å². The molecule has 0 spiro atoms. The van der Waals surface area contributed by atoms with Crippen molar-refractivity contribution in [1.82, 2.24) is 0 Å². The van der Waals surface area contributed by atoms with Gasteiger partial charge in [-0.3, -0.25) is 0 Å². The largest absolute Gasteiger partial charge is 0.0956 e. The van der Waals surface area contributed by atoms with E-state index in [9.17, 15) is 0 Å². The van der Waals surface area contributed by atoms with E-state index in [1.165, 1.54) is 36.0 Å². The van der Waals surface area contributed by atoms with Gasteiger partial charge in [-0.05, 0) is 42.7 Å². The first-order valence-corrected chi connectivity index (χ1v) is 6.18. The molecule has 1 saturated carbocycles. The molecule has 1 atom stereocenters. The molecule has 0 heteroatoms. The Morgan fingerprint density at radius 2 is 1.81 bits per heavy atom. The third-order valence-corrected chi connectivity index (χ3v) is 3.55. The lowest BCUT2D eigenvalue weighted by Gasteiger charge is -2.17. The fourth-order valence-electron chi connectivity index (χ4n) is 2.48. The number of hydrogen-bond donors (Lipinski definition) is 0. The Balaban J connectivity index is 2.08. The molecule has 1 fully saturated rings. The summed E-state index contributed by atoms with van der Waals surface area (Å²) in [6.07, 6.45) is 6.13. The lowest BCUT2D eigenvalue weighted by molar-refractivity contribution is 0.551. The van der Waals surface area contributed by atoms with Gasteiger partial charge in [0.2, 0.25) is 0 Å². The molecule has 84 valence electrons. The first-order chi connectivity index (χ1) is 7.77. The van der Waals surface area contributed by atoms with Crippen LogP contribution in [0.5, 0.6) is 0 Å². The maximum Gasteiger partial charge on any atom is -0.0125 e. The molecule has 2 rings (SSSR count). The highest BCUT2D eigenvalue weighted by Crippen LogP contribution is 2.32. The van der Waals surface area contributed by atoms with Crippen LogP contribution in [0.4, 0.5) is 0 Å². The highest BCUT2D eigenvalue weighted by molar-refractivity contribution is 5.30. The van der Waals surface area contributed by atoms with E-state index < -0.39 is 0 Å². The van der Waals surface area contributed by atoms with E-state index in [2.05, 4.69) is 43.5 Å².